The van der Waals surface area contributed by atoms with E-state index in [1.807, 2.05) is 743 Å². The summed E-state index contributed by atoms with van der Waals surface area (Å²) in [7, 11) is 0. The van der Waals surface area contributed by atoms with Gasteiger partial charge in [-0.3, -0.25) is 33.6 Å². The number of carbonyl (C=O) groups is 7. The average molecular weight is 1970 g/mol. The van der Waals surface area contributed by atoms with E-state index < -0.39 is 0 Å². The fourth-order valence-electron chi connectivity index (χ4n) is 9.42. The molecule has 0 saturated carbocycles. The van der Waals surface area contributed by atoms with Crippen LogP contribution in [0.5, 0.6) is 0 Å². The molecule has 0 heterocycles. The zero-order valence-corrected chi connectivity index (χ0v) is 99.8. The average Bonchev–Trinajstić information content (AvgIpc) is 0.907. The first-order valence-corrected chi connectivity index (χ1v) is 54.7. The summed E-state index contributed by atoms with van der Waals surface area (Å²) in [6, 6.07) is 130. The van der Waals surface area contributed by atoms with E-state index in [0.717, 1.165) is 77.9 Å². The van der Waals surface area contributed by atoms with Crippen LogP contribution >= 0.6 is 0 Å². The van der Waals surface area contributed by atoms with Gasteiger partial charge in [-0.1, -0.05) is 743 Å². The van der Waals surface area contributed by atoms with E-state index in [1.54, 1.807) is 0 Å². The van der Waals surface area contributed by atoms with Crippen LogP contribution in [0.25, 0.3) is 0 Å². The van der Waals surface area contributed by atoms with E-state index in [-0.39, 0.29) is 40.5 Å². The number of benzene rings is 14. The number of hydrogen-bond acceptors (Lipinski definition) is 7. The third-order valence-electron chi connectivity index (χ3n) is 14.5. The molecule has 0 fully saturated rings. The lowest BCUT2D eigenvalue weighted by Gasteiger charge is -1.99. The van der Waals surface area contributed by atoms with Gasteiger partial charge in [-0.2, -0.15) is 0 Å². The van der Waals surface area contributed by atoms with Crippen molar-refractivity contribution in [2.24, 2.45) is 0 Å². The van der Waals surface area contributed by atoms with E-state index >= 15 is 0 Å². The number of carbonyl (C=O) groups excluding carboxylic acids is 7. The van der Waals surface area contributed by atoms with E-state index in [2.05, 4.69) is 0 Å². The highest BCUT2D eigenvalue weighted by Crippen LogP contribution is 2.16. The fourth-order valence-corrected chi connectivity index (χ4v) is 9.42. The maximum Gasteiger partial charge on any atom is 0.193 e. The SMILES string of the molecule is CC.CC.CC.CC.CC.CC.CC.CC.CC.CC.CC.CC.CC.CC.CC.CC.CC.CC.CC.CC.CC.CC.CC.O=C(c1ccccc1)c1ccccc1.O=C(c1ccccc1)c1ccccc1.O=C(c1ccccc1)c1ccccc1.O=C(c1ccccc1)c1ccccc1.O=C(c1ccccc1)c1ccccc1.O=C(c1ccccc1)c1ccccc1.O=C(c1ccccc1)c1ccccc1. The molecule has 0 aliphatic rings. The van der Waals surface area contributed by atoms with Crippen molar-refractivity contribution < 1.29 is 33.6 Å². The normalized spacial score (nSPS) is 7.57. The van der Waals surface area contributed by atoms with Crippen LogP contribution in [0.15, 0.2) is 425 Å². The van der Waals surface area contributed by atoms with Crippen molar-refractivity contribution in [3.05, 3.63) is 503 Å². The number of ketones is 7. The van der Waals surface area contributed by atoms with Gasteiger partial charge in [-0.25, -0.2) is 0 Å². The Kier molecular flexibility index (Phi) is 174. The zero-order chi connectivity index (χ0) is 115. The summed E-state index contributed by atoms with van der Waals surface area (Å²) in [4.78, 5) is 82.9. The summed E-state index contributed by atoms with van der Waals surface area (Å²) in [5, 5.41) is 0. The van der Waals surface area contributed by atoms with Gasteiger partial charge in [-0.15, -0.1) is 0 Å². The Balaban J connectivity index is -0.0000000887. The zero-order valence-electron chi connectivity index (χ0n) is 99.8. The minimum Gasteiger partial charge on any atom is -0.289 e. The van der Waals surface area contributed by atoms with Crippen molar-refractivity contribution in [3.63, 3.8) is 0 Å². The lowest BCUT2D eigenvalue weighted by molar-refractivity contribution is 0.103. The van der Waals surface area contributed by atoms with Gasteiger partial charge in [0, 0.05) is 77.9 Å². The van der Waals surface area contributed by atoms with Gasteiger partial charge < -0.3 is 0 Å². The Hall–Kier alpha value is -13.2. The predicted octanol–water partition coefficient (Wildman–Crippen LogP) is 44.0. The quantitative estimate of drug-likeness (QED) is 0.0995. The molecule has 0 saturated heterocycles. The highest BCUT2D eigenvalue weighted by molar-refractivity contribution is 6.12. The van der Waals surface area contributed by atoms with Gasteiger partial charge in [0.2, 0.25) is 0 Å². The molecule has 7 nitrogen and oxygen atoms in total. The number of hydrogen-bond donors (Lipinski definition) is 0. The smallest absolute Gasteiger partial charge is 0.193 e. The Labute approximate surface area is 889 Å². The van der Waals surface area contributed by atoms with Gasteiger partial charge in [0.05, 0.1) is 0 Å². The second-order valence-corrected chi connectivity index (χ2v) is 21.4. The van der Waals surface area contributed by atoms with E-state index in [4.69, 9.17) is 0 Å². The molecule has 144 heavy (non-hydrogen) atoms. The van der Waals surface area contributed by atoms with Crippen molar-refractivity contribution in [3.8, 4) is 0 Å². The highest BCUT2D eigenvalue weighted by atomic mass is 16.1. The molecule has 0 amide bonds. The van der Waals surface area contributed by atoms with E-state index in [9.17, 15) is 33.6 Å². The molecule has 0 atom stereocenters. The van der Waals surface area contributed by atoms with Crippen LogP contribution in [-0.4, -0.2) is 40.5 Å². The van der Waals surface area contributed by atoms with Crippen molar-refractivity contribution in [2.75, 3.05) is 0 Å². The number of rotatable bonds is 14. The highest BCUT2D eigenvalue weighted by Gasteiger charge is 2.12. The van der Waals surface area contributed by atoms with Crippen LogP contribution in [-0.2, 0) is 0 Å². The largest absolute Gasteiger partial charge is 0.289 e. The molecule has 0 N–H and O–H groups in total. The van der Waals surface area contributed by atoms with Crippen molar-refractivity contribution in [1.29, 1.82) is 0 Å². The molecule has 798 valence electrons. The molecule has 0 aromatic heterocycles. The lowest BCUT2D eigenvalue weighted by atomic mass is 10.0. The van der Waals surface area contributed by atoms with Gasteiger partial charge in [-0.05, 0) is 0 Å². The van der Waals surface area contributed by atoms with Crippen LogP contribution in [0.2, 0.25) is 0 Å². The van der Waals surface area contributed by atoms with Crippen LogP contribution in [0.4, 0.5) is 0 Å². The van der Waals surface area contributed by atoms with Gasteiger partial charge in [0.15, 0.2) is 40.5 Å². The molecule has 14 aromatic rings. The maximum atomic E-state index is 11.8. The molecule has 14 aromatic carbocycles. The molecule has 0 aliphatic heterocycles. The van der Waals surface area contributed by atoms with Crippen LogP contribution in [0.3, 0.4) is 0 Å². The molecule has 0 spiro atoms. The second kappa shape index (κ2) is 150. The first kappa shape index (κ1) is 167. The molecular weight excluding hydrogens is 1760 g/mol. The first-order valence-electron chi connectivity index (χ1n) is 54.7. The summed E-state index contributed by atoms with van der Waals surface area (Å²) in [6.45, 7) is 92.0. The molecule has 7 heteroatoms. The Morgan fingerprint density at radius 2 is 0.111 bits per heavy atom. The van der Waals surface area contributed by atoms with Crippen LogP contribution in [0.1, 0.15) is 430 Å². The van der Waals surface area contributed by atoms with E-state index in [0.29, 0.717) is 0 Å². The van der Waals surface area contributed by atoms with Crippen LogP contribution < -0.4 is 0 Å². The Morgan fingerprint density at radius 3 is 0.146 bits per heavy atom. The van der Waals surface area contributed by atoms with Crippen LogP contribution in [0, 0.1) is 0 Å². The summed E-state index contributed by atoms with van der Waals surface area (Å²) < 4.78 is 0. The Bertz CT molecular complexity index is 3490. The summed E-state index contributed by atoms with van der Waals surface area (Å²) >= 11 is 0. The monoisotopic (exact) mass is 1970 g/mol. The molecule has 0 aliphatic carbocycles. The van der Waals surface area contributed by atoms with Crippen molar-refractivity contribution >= 4 is 40.5 Å². The second-order valence-electron chi connectivity index (χ2n) is 21.4. The third-order valence-corrected chi connectivity index (χ3v) is 14.5. The topological polar surface area (TPSA) is 119 Å². The van der Waals surface area contributed by atoms with Gasteiger partial charge in [0.25, 0.3) is 0 Å². The molecule has 0 bridgehead atoms. The van der Waals surface area contributed by atoms with Crippen molar-refractivity contribution in [1.82, 2.24) is 0 Å². The van der Waals surface area contributed by atoms with E-state index in [1.165, 1.54) is 0 Å². The minimum absolute atomic E-state index is 0.0752. The summed E-state index contributed by atoms with van der Waals surface area (Å²) in [5.74, 6) is 0.526. The van der Waals surface area contributed by atoms with Gasteiger partial charge >= 0.3 is 0 Å². The van der Waals surface area contributed by atoms with Gasteiger partial charge in [0.1, 0.15) is 0 Å². The Morgan fingerprint density at radius 1 is 0.0764 bits per heavy atom. The van der Waals surface area contributed by atoms with Crippen molar-refractivity contribution in [2.45, 2.75) is 318 Å². The standard InChI is InChI=1S/7C13H10O.23C2H6/c7*14-13(11-7-3-1-4-8-11)12-9-5-2-6-10-12;23*1-2/h7*1-10H;23*1-2H3. The summed E-state index contributed by atoms with van der Waals surface area (Å²) in [6.07, 6.45) is 0. The lowest BCUT2D eigenvalue weighted by Crippen LogP contribution is -1.99. The maximum absolute atomic E-state index is 11.8. The first-order chi connectivity index (χ1) is 71.1. The third kappa shape index (κ3) is 87.8. The molecule has 0 radical (unpaired) electrons. The molecule has 0 unspecified atom stereocenters. The molecule has 14 rings (SSSR count). The summed E-state index contributed by atoms with van der Waals surface area (Å²) in [5.41, 5.74) is 10.3. The predicted molar refractivity (Wildman–Crippen MR) is 655 cm³/mol. The molecular formula is C137H208O7. The fraction of sp³-hybridized carbons (Fsp3) is 0.336. The minimum atomic E-state index is 0.0752.